The number of rotatable bonds is 4. The van der Waals surface area contributed by atoms with Crippen LogP contribution in [-0.2, 0) is 13.6 Å². The summed E-state index contributed by atoms with van der Waals surface area (Å²) in [6, 6.07) is 11.2. The van der Waals surface area contributed by atoms with Gasteiger partial charge in [-0.25, -0.2) is 13.5 Å². The number of ketones is 1. The quantitative estimate of drug-likeness (QED) is 0.437. The zero-order chi connectivity index (χ0) is 18.3. The van der Waals surface area contributed by atoms with Crippen molar-refractivity contribution in [1.29, 1.82) is 0 Å². The fraction of sp³-hybridized carbons (Fsp3) is 0.158. The molecule has 0 spiro atoms. The second-order valence-electron chi connectivity index (χ2n) is 6.06. The van der Waals surface area contributed by atoms with E-state index in [9.17, 15) is 9.18 Å². The molecule has 0 saturated heterocycles. The van der Waals surface area contributed by atoms with Gasteiger partial charge in [-0.05, 0) is 42.5 Å². The number of nitrogens with zero attached hydrogens (tertiary/aromatic N) is 2. The number of carbonyl (C=O) groups is 1. The average molecular weight is 434 g/mol. The van der Waals surface area contributed by atoms with Crippen LogP contribution in [0.4, 0.5) is 10.3 Å². The smallest absolute Gasteiger partial charge is 0.355 e. The molecule has 2 N–H and O–H groups in total. The Morgan fingerprint density at radius 2 is 1.89 bits per heavy atom. The van der Waals surface area contributed by atoms with E-state index < -0.39 is 0 Å². The van der Waals surface area contributed by atoms with Crippen LogP contribution in [0.1, 0.15) is 10.4 Å². The molecule has 3 aromatic rings. The van der Waals surface area contributed by atoms with Gasteiger partial charge in [0, 0.05) is 11.1 Å². The number of carbonyl (C=O) groups excluding carboxylic acids is 1. The maximum absolute atomic E-state index is 13.1. The second-order valence-corrected chi connectivity index (χ2v) is 6.06. The van der Waals surface area contributed by atoms with Crippen LogP contribution < -0.4 is 36.8 Å². The molecule has 0 fully saturated rings. The summed E-state index contributed by atoms with van der Waals surface area (Å²) in [6.07, 6.45) is 1.79. The van der Waals surface area contributed by atoms with Crippen molar-refractivity contribution in [2.75, 3.05) is 12.5 Å². The zero-order valence-corrected chi connectivity index (χ0v) is 16.1. The van der Waals surface area contributed by atoms with Gasteiger partial charge in [0.2, 0.25) is 6.79 Å². The summed E-state index contributed by atoms with van der Waals surface area (Å²) in [5.41, 5.74) is 8.27. The van der Waals surface area contributed by atoms with Crippen LogP contribution in [0, 0.1) is 5.82 Å². The predicted molar refractivity (Wildman–Crippen MR) is 92.3 cm³/mol. The first-order chi connectivity index (χ1) is 12.5. The number of hydrogen-bond acceptors (Lipinski definition) is 4. The lowest BCUT2D eigenvalue weighted by atomic mass is 10.1. The topological polar surface area (TPSA) is 70.4 Å². The number of hydrogen-bond donors (Lipinski definition) is 1. The molecule has 0 atom stereocenters. The van der Waals surface area contributed by atoms with Crippen LogP contribution in [0.25, 0.3) is 11.3 Å². The van der Waals surface area contributed by atoms with E-state index in [1.807, 2.05) is 0 Å². The molecule has 0 radical (unpaired) electrons. The maximum Gasteiger partial charge on any atom is 0.355 e. The van der Waals surface area contributed by atoms with Gasteiger partial charge in [-0.15, -0.1) is 0 Å². The van der Waals surface area contributed by atoms with Gasteiger partial charge in [0.05, 0.1) is 7.05 Å². The third-order valence-corrected chi connectivity index (χ3v) is 4.43. The van der Waals surface area contributed by atoms with E-state index in [1.165, 1.54) is 12.1 Å². The van der Waals surface area contributed by atoms with Crippen LogP contribution in [0.3, 0.4) is 0 Å². The number of nitrogen functional groups attached to an aromatic ring is 1. The highest BCUT2D eigenvalue weighted by molar-refractivity contribution is 5.95. The SMILES string of the molecule is Cn1c(-c2ccc(F)cc2)c[n+](CC(=O)c2ccc3c(c2)OCO3)c1N.[Br-]. The Morgan fingerprint density at radius 3 is 2.63 bits per heavy atom. The maximum atomic E-state index is 13.1. The molecular formula is C19H17BrFN3O3. The molecule has 0 aliphatic carbocycles. The summed E-state index contributed by atoms with van der Waals surface area (Å²) in [5, 5.41) is 0. The van der Waals surface area contributed by atoms with E-state index >= 15 is 0 Å². The lowest BCUT2D eigenvalue weighted by molar-refractivity contribution is -0.667. The van der Waals surface area contributed by atoms with Gasteiger partial charge >= 0.3 is 5.95 Å². The minimum Gasteiger partial charge on any atom is -1.00 e. The van der Waals surface area contributed by atoms with Gasteiger partial charge in [0.15, 0.2) is 17.3 Å². The van der Waals surface area contributed by atoms with Gasteiger partial charge in [-0.1, -0.05) is 0 Å². The zero-order valence-electron chi connectivity index (χ0n) is 14.5. The van der Waals surface area contributed by atoms with Crippen molar-refractivity contribution in [3.8, 4) is 22.8 Å². The minimum atomic E-state index is -0.304. The molecule has 140 valence electrons. The number of benzene rings is 2. The highest BCUT2D eigenvalue weighted by atomic mass is 79.9. The van der Waals surface area contributed by atoms with E-state index in [4.69, 9.17) is 15.2 Å². The number of Topliss-reactive ketones (excluding diaryl/α,β-unsaturated/α-hetero) is 1. The van der Waals surface area contributed by atoms with Crippen molar-refractivity contribution in [1.82, 2.24) is 4.57 Å². The molecule has 0 unspecified atom stereocenters. The molecule has 1 aliphatic rings. The summed E-state index contributed by atoms with van der Waals surface area (Å²) in [6.45, 7) is 0.245. The van der Waals surface area contributed by atoms with E-state index in [0.29, 0.717) is 23.0 Å². The van der Waals surface area contributed by atoms with Crippen molar-refractivity contribution >= 4 is 11.7 Å². The highest BCUT2D eigenvalue weighted by Crippen LogP contribution is 2.32. The van der Waals surface area contributed by atoms with Gasteiger partial charge < -0.3 is 26.5 Å². The van der Waals surface area contributed by atoms with Crippen molar-refractivity contribution in [2.45, 2.75) is 6.54 Å². The Bertz CT molecular complexity index is 1000. The summed E-state index contributed by atoms with van der Waals surface area (Å²) in [5.74, 6) is 1.22. The van der Waals surface area contributed by atoms with E-state index in [0.717, 1.165) is 11.3 Å². The Balaban J connectivity index is 0.00000210. The van der Waals surface area contributed by atoms with Gasteiger partial charge in [0.1, 0.15) is 24.3 Å². The molecule has 6 nitrogen and oxygen atoms in total. The van der Waals surface area contributed by atoms with Crippen molar-refractivity contribution < 1.29 is 40.2 Å². The minimum absolute atomic E-state index is 0. The molecular weight excluding hydrogens is 417 g/mol. The van der Waals surface area contributed by atoms with Crippen molar-refractivity contribution in [3.05, 3.63) is 60.0 Å². The number of aromatic nitrogens is 2. The molecule has 0 saturated carbocycles. The summed E-state index contributed by atoms with van der Waals surface area (Å²) >= 11 is 0. The molecule has 4 rings (SSSR count). The molecule has 1 aromatic heterocycles. The van der Waals surface area contributed by atoms with E-state index in [2.05, 4.69) is 0 Å². The molecule has 27 heavy (non-hydrogen) atoms. The van der Waals surface area contributed by atoms with Crippen LogP contribution in [0.15, 0.2) is 48.7 Å². The monoisotopic (exact) mass is 433 g/mol. The predicted octanol–water partition coefficient (Wildman–Crippen LogP) is -0.683. The average Bonchev–Trinajstić information content (AvgIpc) is 3.22. The first kappa shape index (κ1) is 18.9. The second kappa shape index (κ2) is 7.40. The lowest BCUT2D eigenvalue weighted by Gasteiger charge is -2.02. The molecule has 2 heterocycles. The van der Waals surface area contributed by atoms with E-state index in [-0.39, 0.29) is 41.9 Å². The standard InChI is InChI=1S/C19H16FN3O3.BrH/c1-22-15(12-2-5-14(20)6-3-12)9-23(19(22)21)10-16(24)13-4-7-17-18(8-13)26-11-25-17;/h2-9,21H,10-11H2,1H3;1H. The van der Waals surface area contributed by atoms with Crippen LogP contribution in [0.5, 0.6) is 11.5 Å². The van der Waals surface area contributed by atoms with Crippen LogP contribution in [0.2, 0.25) is 0 Å². The molecule has 1 aliphatic heterocycles. The molecule has 8 heteroatoms. The molecule has 0 amide bonds. The third kappa shape index (κ3) is 3.52. The number of fused-ring (bicyclic) bond motifs is 1. The fourth-order valence-corrected chi connectivity index (χ4v) is 2.95. The van der Waals surface area contributed by atoms with Crippen molar-refractivity contribution in [3.63, 3.8) is 0 Å². The first-order valence-electron chi connectivity index (χ1n) is 8.06. The van der Waals surface area contributed by atoms with Gasteiger partial charge in [-0.2, -0.15) is 0 Å². The Morgan fingerprint density at radius 1 is 1.19 bits per heavy atom. The molecule has 2 aromatic carbocycles. The largest absolute Gasteiger partial charge is 1.00 e. The van der Waals surface area contributed by atoms with Crippen LogP contribution in [-0.4, -0.2) is 17.1 Å². The first-order valence-corrected chi connectivity index (χ1v) is 8.06. The third-order valence-electron chi connectivity index (χ3n) is 4.43. The number of anilines is 1. The van der Waals surface area contributed by atoms with E-state index in [1.54, 1.807) is 52.7 Å². The molecule has 0 bridgehead atoms. The lowest BCUT2D eigenvalue weighted by Crippen LogP contribution is -3.00. The fourth-order valence-electron chi connectivity index (χ4n) is 2.95. The van der Waals surface area contributed by atoms with Crippen molar-refractivity contribution in [2.24, 2.45) is 7.05 Å². The normalized spacial score (nSPS) is 11.9. The summed E-state index contributed by atoms with van der Waals surface area (Å²) in [7, 11) is 1.80. The van der Waals surface area contributed by atoms with Gasteiger partial charge in [0.25, 0.3) is 0 Å². The highest BCUT2D eigenvalue weighted by Gasteiger charge is 2.22. The Kier molecular flexibility index (Phi) is 5.18. The number of ether oxygens (including phenoxy) is 2. The number of nitrogens with two attached hydrogens (primary N) is 1. The van der Waals surface area contributed by atoms with Crippen LogP contribution >= 0.6 is 0 Å². The van der Waals surface area contributed by atoms with Gasteiger partial charge in [-0.3, -0.25) is 10.5 Å². The Hall–Kier alpha value is -2.87. The number of imidazole rings is 1. The summed E-state index contributed by atoms with van der Waals surface area (Å²) < 4.78 is 27.1. The Labute approximate surface area is 165 Å². The number of halogens is 2. The summed E-state index contributed by atoms with van der Waals surface area (Å²) in [4.78, 5) is 12.6.